The fraction of sp³-hybridized carbons (Fsp3) is 0.333. The summed E-state index contributed by atoms with van der Waals surface area (Å²) in [5.41, 5.74) is 3.70. The Morgan fingerprint density at radius 2 is 1.72 bits per heavy atom. The third-order valence-electron chi connectivity index (χ3n) is 5.53. The summed E-state index contributed by atoms with van der Waals surface area (Å²) in [6.07, 6.45) is 7.07. The number of hydrogen-bond donors (Lipinski definition) is 0. The minimum absolute atomic E-state index is 0.279. The number of carbonyl (C=O) groups excluding carboxylic acids is 1. The summed E-state index contributed by atoms with van der Waals surface area (Å²) < 4.78 is 1.85. The number of hydrogen-bond acceptors (Lipinski definition) is 3. The van der Waals surface area contributed by atoms with E-state index in [0.29, 0.717) is 11.7 Å². The first-order valence-electron chi connectivity index (χ1n) is 10.3. The van der Waals surface area contributed by atoms with Crippen LogP contribution in [0, 0.1) is 5.92 Å². The molecule has 0 atom stereocenters. The highest BCUT2D eigenvalue weighted by Crippen LogP contribution is 2.23. The zero-order valence-corrected chi connectivity index (χ0v) is 17.4. The molecule has 1 aliphatic heterocycles. The molecule has 3 aromatic rings. The van der Waals surface area contributed by atoms with Gasteiger partial charge in [0.15, 0.2) is 0 Å². The van der Waals surface area contributed by atoms with Crippen molar-refractivity contribution in [1.29, 1.82) is 0 Å². The van der Waals surface area contributed by atoms with E-state index in [2.05, 4.69) is 64.6 Å². The zero-order chi connectivity index (χ0) is 19.9. The average Bonchev–Trinajstić information content (AvgIpc) is 3.30. The van der Waals surface area contributed by atoms with Gasteiger partial charge in [-0.15, -0.1) is 11.8 Å². The number of piperidine rings is 1. The molecule has 1 fully saturated rings. The minimum Gasteiger partial charge on any atom is -0.342 e. The molecule has 0 saturated carbocycles. The van der Waals surface area contributed by atoms with E-state index in [-0.39, 0.29) is 5.91 Å². The Kier molecular flexibility index (Phi) is 6.67. The zero-order valence-electron chi connectivity index (χ0n) is 16.6. The quantitative estimate of drug-likeness (QED) is 0.577. The molecule has 0 N–H and O–H groups in total. The van der Waals surface area contributed by atoms with E-state index in [9.17, 15) is 4.79 Å². The Morgan fingerprint density at radius 1 is 0.966 bits per heavy atom. The van der Waals surface area contributed by atoms with Gasteiger partial charge in [0.25, 0.3) is 0 Å². The Balaban J connectivity index is 1.18. The Morgan fingerprint density at radius 3 is 2.41 bits per heavy atom. The molecule has 4 rings (SSSR count). The van der Waals surface area contributed by atoms with Crippen LogP contribution in [-0.2, 0) is 17.0 Å². The van der Waals surface area contributed by atoms with Crippen molar-refractivity contribution in [1.82, 2.24) is 14.7 Å². The number of nitrogens with zero attached hydrogens (tertiary/aromatic N) is 3. The van der Waals surface area contributed by atoms with Crippen molar-refractivity contribution in [2.75, 3.05) is 18.8 Å². The van der Waals surface area contributed by atoms with Crippen molar-refractivity contribution in [3.05, 3.63) is 84.2 Å². The third-order valence-corrected chi connectivity index (χ3v) is 6.52. The first-order chi connectivity index (χ1) is 14.3. The summed E-state index contributed by atoms with van der Waals surface area (Å²) in [4.78, 5) is 14.6. The molecule has 1 amide bonds. The molecule has 1 aliphatic rings. The summed E-state index contributed by atoms with van der Waals surface area (Å²) in [6, 6.07) is 21.0. The maximum atomic E-state index is 12.6. The molecule has 0 bridgehead atoms. The van der Waals surface area contributed by atoms with Crippen molar-refractivity contribution in [3.63, 3.8) is 0 Å². The van der Waals surface area contributed by atoms with Gasteiger partial charge in [-0.3, -0.25) is 4.79 Å². The van der Waals surface area contributed by atoms with Gasteiger partial charge in [0.1, 0.15) is 0 Å². The summed E-state index contributed by atoms with van der Waals surface area (Å²) in [6.45, 7) is 1.80. The number of likely N-dealkylation sites (tertiary alicyclic amines) is 1. The number of thioether (sulfide) groups is 1. The maximum absolute atomic E-state index is 12.6. The van der Waals surface area contributed by atoms with E-state index in [1.165, 1.54) is 11.1 Å². The van der Waals surface area contributed by atoms with Crippen LogP contribution < -0.4 is 0 Å². The summed E-state index contributed by atoms with van der Waals surface area (Å²) in [5, 5.41) is 4.24. The number of carbonyl (C=O) groups is 1. The normalized spacial score (nSPS) is 14.8. The minimum atomic E-state index is 0.279. The second kappa shape index (κ2) is 9.79. The van der Waals surface area contributed by atoms with E-state index in [1.54, 1.807) is 18.0 Å². The molecule has 29 heavy (non-hydrogen) atoms. The van der Waals surface area contributed by atoms with Crippen LogP contribution >= 0.6 is 11.8 Å². The Labute approximate surface area is 176 Å². The first-order valence-corrected chi connectivity index (χ1v) is 11.4. The molecule has 4 nitrogen and oxygen atoms in total. The van der Waals surface area contributed by atoms with Crippen molar-refractivity contribution < 1.29 is 4.79 Å². The Bertz CT molecular complexity index is 886. The van der Waals surface area contributed by atoms with E-state index < -0.39 is 0 Å². The highest BCUT2D eigenvalue weighted by Gasteiger charge is 2.22. The highest BCUT2D eigenvalue weighted by atomic mass is 32.2. The van der Waals surface area contributed by atoms with Gasteiger partial charge in [-0.2, -0.15) is 5.10 Å². The lowest BCUT2D eigenvalue weighted by atomic mass is 9.90. The maximum Gasteiger partial charge on any atom is 0.232 e. The molecule has 0 spiro atoms. The van der Waals surface area contributed by atoms with Crippen molar-refractivity contribution >= 4 is 17.7 Å². The summed E-state index contributed by atoms with van der Waals surface area (Å²) in [5.74, 6) is 2.39. The Hall–Kier alpha value is -2.53. The van der Waals surface area contributed by atoms with E-state index in [0.717, 1.165) is 43.8 Å². The molecular formula is C24H27N3OS. The largest absolute Gasteiger partial charge is 0.342 e. The molecule has 5 heteroatoms. The van der Waals surface area contributed by atoms with Gasteiger partial charge < -0.3 is 4.90 Å². The van der Waals surface area contributed by atoms with Gasteiger partial charge in [-0.05, 0) is 54.5 Å². The van der Waals surface area contributed by atoms with E-state index >= 15 is 0 Å². The van der Waals surface area contributed by atoms with E-state index in [1.807, 2.05) is 16.9 Å². The monoisotopic (exact) mass is 405 g/mol. The van der Waals surface area contributed by atoms with Crippen LogP contribution in [0.15, 0.2) is 73.1 Å². The number of amides is 1. The molecule has 150 valence electrons. The van der Waals surface area contributed by atoms with Crippen LogP contribution in [-0.4, -0.2) is 39.4 Å². The number of rotatable bonds is 7. The topological polar surface area (TPSA) is 38.1 Å². The summed E-state index contributed by atoms with van der Waals surface area (Å²) >= 11 is 1.70. The second-order valence-electron chi connectivity index (χ2n) is 7.62. The fourth-order valence-electron chi connectivity index (χ4n) is 3.85. The second-order valence-corrected chi connectivity index (χ2v) is 8.61. The van der Waals surface area contributed by atoms with Crippen LogP contribution in [0.2, 0.25) is 0 Å². The van der Waals surface area contributed by atoms with Crippen molar-refractivity contribution in [2.45, 2.75) is 25.0 Å². The van der Waals surface area contributed by atoms with Crippen LogP contribution in [0.5, 0.6) is 0 Å². The molecule has 0 unspecified atom stereocenters. The first kappa shape index (κ1) is 19.8. The standard InChI is InChI=1S/C24H27N3OS/c28-24(26-15-11-21(12-16-26)17-20-5-2-1-3-6-20)19-29-18-22-7-9-23(10-8-22)27-14-4-13-25-27/h1-10,13-14,21H,11-12,15-19H2. The highest BCUT2D eigenvalue weighted by molar-refractivity contribution is 7.99. The number of benzene rings is 2. The molecule has 1 saturated heterocycles. The lowest BCUT2D eigenvalue weighted by molar-refractivity contribution is -0.129. The summed E-state index contributed by atoms with van der Waals surface area (Å²) in [7, 11) is 0. The molecule has 2 aromatic carbocycles. The van der Waals surface area contributed by atoms with Crippen molar-refractivity contribution in [3.8, 4) is 5.69 Å². The van der Waals surface area contributed by atoms with Crippen LogP contribution in [0.4, 0.5) is 0 Å². The average molecular weight is 406 g/mol. The van der Waals surface area contributed by atoms with Gasteiger partial charge in [-0.25, -0.2) is 4.68 Å². The van der Waals surface area contributed by atoms with Crippen molar-refractivity contribution in [2.24, 2.45) is 5.92 Å². The van der Waals surface area contributed by atoms with Gasteiger partial charge in [0, 0.05) is 31.2 Å². The SMILES string of the molecule is O=C(CSCc1ccc(-n2cccn2)cc1)N1CCC(Cc2ccccc2)CC1. The smallest absolute Gasteiger partial charge is 0.232 e. The fourth-order valence-corrected chi connectivity index (χ4v) is 4.74. The number of aromatic nitrogens is 2. The lowest BCUT2D eigenvalue weighted by Crippen LogP contribution is -2.39. The molecule has 1 aromatic heterocycles. The van der Waals surface area contributed by atoms with Gasteiger partial charge in [0.05, 0.1) is 11.4 Å². The molecule has 0 aliphatic carbocycles. The van der Waals surface area contributed by atoms with Crippen LogP contribution in [0.25, 0.3) is 5.69 Å². The van der Waals surface area contributed by atoms with Gasteiger partial charge in [-0.1, -0.05) is 42.5 Å². The van der Waals surface area contributed by atoms with Crippen LogP contribution in [0.1, 0.15) is 24.0 Å². The van der Waals surface area contributed by atoms with Gasteiger partial charge in [0.2, 0.25) is 5.91 Å². The predicted octanol–water partition coefficient (Wildman–Crippen LogP) is 4.59. The predicted molar refractivity (Wildman–Crippen MR) is 119 cm³/mol. The molecule has 2 heterocycles. The molecule has 0 radical (unpaired) electrons. The third kappa shape index (κ3) is 5.51. The lowest BCUT2D eigenvalue weighted by Gasteiger charge is -2.32. The van der Waals surface area contributed by atoms with E-state index in [4.69, 9.17) is 0 Å². The van der Waals surface area contributed by atoms with Crippen LogP contribution in [0.3, 0.4) is 0 Å². The molecular weight excluding hydrogens is 378 g/mol. The van der Waals surface area contributed by atoms with Gasteiger partial charge >= 0.3 is 0 Å².